The van der Waals surface area contributed by atoms with Crippen LogP contribution in [0.3, 0.4) is 0 Å². The summed E-state index contributed by atoms with van der Waals surface area (Å²) in [6.07, 6.45) is 0. The van der Waals surface area contributed by atoms with Crippen molar-refractivity contribution in [1.29, 1.82) is 0 Å². The Morgan fingerprint density at radius 3 is 2.05 bits per heavy atom. The van der Waals surface area contributed by atoms with Gasteiger partial charge in [0.1, 0.15) is 17.3 Å². The molecule has 2 aromatic carbocycles. The number of nitrogens with one attached hydrogen (secondary N) is 1. The number of anilines is 1. The average Bonchev–Trinajstić information content (AvgIpc) is 2.41. The molecule has 1 unspecified atom stereocenters. The Bertz CT molecular complexity index is 663. The normalized spacial score (nSPS) is 12.3. The van der Waals surface area contributed by atoms with Gasteiger partial charge in [-0.05, 0) is 13.0 Å². The van der Waals surface area contributed by atoms with E-state index in [-0.39, 0.29) is 11.6 Å². The van der Waals surface area contributed by atoms with E-state index in [9.17, 15) is 27.1 Å². The van der Waals surface area contributed by atoms with Crippen LogP contribution in [0.25, 0.3) is 0 Å². The van der Waals surface area contributed by atoms with E-state index in [4.69, 9.17) is 0 Å². The summed E-state index contributed by atoms with van der Waals surface area (Å²) in [6, 6.07) is 2.21. The molecule has 0 bridgehead atoms. The Balaban J connectivity index is 2.38. The monoisotopic (exact) mass is 303 g/mol. The molecule has 0 aliphatic rings. The predicted molar refractivity (Wildman–Crippen MR) is 66.4 cm³/mol. The Kier molecular flexibility index (Phi) is 4.02. The van der Waals surface area contributed by atoms with Crippen LogP contribution >= 0.6 is 0 Å². The maximum absolute atomic E-state index is 13.5. The first-order chi connectivity index (χ1) is 9.81. The molecular formula is C14H10F5NO. The van der Waals surface area contributed by atoms with Crippen molar-refractivity contribution in [3.8, 4) is 5.75 Å². The zero-order valence-corrected chi connectivity index (χ0v) is 10.7. The molecule has 0 aromatic heterocycles. The van der Waals surface area contributed by atoms with Gasteiger partial charge in [-0.1, -0.05) is 6.07 Å². The van der Waals surface area contributed by atoms with Gasteiger partial charge < -0.3 is 10.4 Å². The van der Waals surface area contributed by atoms with E-state index in [1.54, 1.807) is 0 Å². The van der Waals surface area contributed by atoms with E-state index in [1.807, 2.05) is 0 Å². The number of hydrogen-bond acceptors (Lipinski definition) is 2. The number of phenolic OH excluding ortho intramolecular Hbond substituents is 1. The third-order valence-electron chi connectivity index (χ3n) is 2.93. The molecule has 2 nitrogen and oxygen atoms in total. The highest BCUT2D eigenvalue weighted by Gasteiger charge is 2.21. The molecule has 0 heterocycles. The third kappa shape index (κ3) is 2.91. The lowest BCUT2D eigenvalue weighted by Crippen LogP contribution is -2.12. The molecule has 2 aromatic rings. The van der Waals surface area contributed by atoms with Crippen LogP contribution in [0.2, 0.25) is 0 Å². The minimum absolute atomic E-state index is 0.0931. The van der Waals surface area contributed by atoms with Crippen molar-refractivity contribution in [2.24, 2.45) is 0 Å². The van der Waals surface area contributed by atoms with E-state index in [2.05, 4.69) is 5.32 Å². The van der Waals surface area contributed by atoms with Gasteiger partial charge in [0.05, 0.1) is 6.04 Å². The zero-order valence-electron chi connectivity index (χ0n) is 10.7. The molecule has 7 heteroatoms. The molecule has 112 valence electrons. The van der Waals surface area contributed by atoms with Crippen LogP contribution in [-0.2, 0) is 0 Å². The summed E-state index contributed by atoms with van der Waals surface area (Å²) in [4.78, 5) is 0. The predicted octanol–water partition coefficient (Wildman–Crippen LogP) is 4.26. The summed E-state index contributed by atoms with van der Waals surface area (Å²) in [5.41, 5.74) is -0.886. The van der Waals surface area contributed by atoms with Crippen molar-refractivity contribution in [1.82, 2.24) is 0 Å². The van der Waals surface area contributed by atoms with Crippen LogP contribution < -0.4 is 5.32 Å². The van der Waals surface area contributed by atoms with Crippen molar-refractivity contribution in [3.63, 3.8) is 0 Å². The van der Waals surface area contributed by atoms with Crippen molar-refractivity contribution < 1.29 is 27.1 Å². The van der Waals surface area contributed by atoms with Crippen molar-refractivity contribution in [3.05, 3.63) is 58.9 Å². The second-order valence-corrected chi connectivity index (χ2v) is 4.41. The molecule has 0 radical (unpaired) electrons. The SMILES string of the molecule is CC(Nc1c(F)c(F)cc(F)c1F)c1ccc(F)cc1O. The maximum atomic E-state index is 13.5. The Labute approximate surface area is 116 Å². The van der Waals surface area contributed by atoms with Gasteiger partial charge in [-0.2, -0.15) is 0 Å². The molecule has 0 amide bonds. The Morgan fingerprint density at radius 1 is 0.952 bits per heavy atom. The average molecular weight is 303 g/mol. The molecular weight excluding hydrogens is 293 g/mol. The van der Waals surface area contributed by atoms with E-state index in [0.717, 1.165) is 12.1 Å². The standard InChI is InChI=1S/C14H10F5NO/c1-6(8-3-2-7(15)4-11(8)21)20-14-12(18)9(16)5-10(17)13(14)19/h2-6,20-21H,1H3. The zero-order chi connectivity index (χ0) is 15.7. The van der Waals surface area contributed by atoms with Gasteiger partial charge in [-0.15, -0.1) is 0 Å². The molecule has 2 rings (SSSR count). The quantitative estimate of drug-likeness (QED) is 0.656. The second-order valence-electron chi connectivity index (χ2n) is 4.41. The van der Waals surface area contributed by atoms with Gasteiger partial charge >= 0.3 is 0 Å². The van der Waals surface area contributed by atoms with E-state index in [1.165, 1.54) is 13.0 Å². The third-order valence-corrected chi connectivity index (χ3v) is 2.93. The van der Waals surface area contributed by atoms with Crippen molar-refractivity contribution >= 4 is 5.69 Å². The highest BCUT2D eigenvalue weighted by molar-refractivity contribution is 5.50. The summed E-state index contributed by atoms with van der Waals surface area (Å²) in [7, 11) is 0. The fraction of sp³-hybridized carbons (Fsp3) is 0.143. The number of hydrogen-bond donors (Lipinski definition) is 2. The van der Waals surface area contributed by atoms with E-state index in [0.29, 0.717) is 0 Å². The number of phenols is 1. The number of benzene rings is 2. The maximum Gasteiger partial charge on any atom is 0.185 e. The summed E-state index contributed by atoms with van der Waals surface area (Å²) < 4.78 is 66.1. The number of aromatic hydroxyl groups is 1. The molecule has 0 aliphatic heterocycles. The molecule has 1 atom stereocenters. The van der Waals surface area contributed by atoms with Gasteiger partial charge in [0.15, 0.2) is 23.3 Å². The lowest BCUT2D eigenvalue weighted by molar-refractivity contribution is 0.452. The van der Waals surface area contributed by atoms with Crippen molar-refractivity contribution in [2.75, 3.05) is 5.32 Å². The molecule has 0 saturated carbocycles. The largest absolute Gasteiger partial charge is 0.507 e. The van der Waals surface area contributed by atoms with Crippen molar-refractivity contribution in [2.45, 2.75) is 13.0 Å². The minimum Gasteiger partial charge on any atom is -0.507 e. The first-order valence-electron chi connectivity index (χ1n) is 5.89. The Morgan fingerprint density at radius 2 is 1.52 bits per heavy atom. The van der Waals surface area contributed by atoms with Gasteiger partial charge in [-0.3, -0.25) is 0 Å². The molecule has 0 aliphatic carbocycles. The molecule has 0 fully saturated rings. The van der Waals surface area contributed by atoms with Crippen LogP contribution in [0.4, 0.5) is 27.6 Å². The highest BCUT2D eigenvalue weighted by Crippen LogP contribution is 2.31. The fourth-order valence-corrected chi connectivity index (χ4v) is 1.88. The molecule has 21 heavy (non-hydrogen) atoms. The van der Waals surface area contributed by atoms with Crippen LogP contribution in [-0.4, -0.2) is 5.11 Å². The molecule has 2 N–H and O–H groups in total. The first kappa shape index (κ1) is 15.1. The summed E-state index contributed by atoms with van der Waals surface area (Å²) in [5.74, 6) is -7.41. The lowest BCUT2D eigenvalue weighted by atomic mass is 10.1. The topological polar surface area (TPSA) is 32.3 Å². The van der Waals surface area contributed by atoms with Gasteiger partial charge in [0.25, 0.3) is 0 Å². The highest BCUT2D eigenvalue weighted by atomic mass is 19.2. The Hall–Kier alpha value is -2.31. The number of halogens is 5. The van der Waals surface area contributed by atoms with Crippen LogP contribution in [0, 0.1) is 29.1 Å². The van der Waals surface area contributed by atoms with Gasteiger partial charge in [0.2, 0.25) is 0 Å². The summed E-state index contributed by atoms with van der Waals surface area (Å²) in [6.45, 7) is 1.38. The van der Waals surface area contributed by atoms with E-state index >= 15 is 0 Å². The second kappa shape index (κ2) is 5.59. The lowest BCUT2D eigenvalue weighted by Gasteiger charge is -2.18. The minimum atomic E-state index is -1.58. The van der Waals surface area contributed by atoms with Gasteiger partial charge in [0, 0.05) is 17.7 Å². The fourth-order valence-electron chi connectivity index (χ4n) is 1.88. The summed E-state index contributed by atoms with van der Waals surface area (Å²) >= 11 is 0. The first-order valence-corrected chi connectivity index (χ1v) is 5.89. The smallest absolute Gasteiger partial charge is 0.185 e. The van der Waals surface area contributed by atoms with Crippen LogP contribution in [0.15, 0.2) is 24.3 Å². The van der Waals surface area contributed by atoms with Crippen LogP contribution in [0.1, 0.15) is 18.5 Å². The summed E-state index contributed by atoms with van der Waals surface area (Å²) in [5, 5.41) is 11.8. The number of rotatable bonds is 3. The van der Waals surface area contributed by atoms with Crippen LogP contribution in [0.5, 0.6) is 5.75 Å². The van der Waals surface area contributed by atoms with E-state index < -0.39 is 46.6 Å². The molecule has 0 saturated heterocycles. The molecule has 0 spiro atoms. The van der Waals surface area contributed by atoms with Gasteiger partial charge in [-0.25, -0.2) is 22.0 Å².